The van der Waals surface area contributed by atoms with Crippen LogP contribution in [0.5, 0.6) is 0 Å². The zero-order valence-corrected chi connectivity index (χ0v) is 70.5. The predicted molar refractivity (Wildman–Crippen MR) is 516 cm³/mol. The highest BCUT2D eigenvalue weighted by Crippen LogP contribution is 2.68. The van der Waals surface area contributed by atoms with Gasteiger partial charge in [-0.15, -0.1) is 0 Å². The first-order valence-corrected chi connectivity index (χ1v) is 43.9. The summed E-state index contributed by atoms with van der Waals surface area (Å²) in [6.45, 7) is 16.9. The fraction of sp³-hybridized carbons (Fsp3) is 0.100. The first-order chi connectivity index (χ1) is 60.6. The second-order valence-corrected chi connectivity index (χ2v) is 36.7. The number of para-hydroxylation sites is 4. The van der Waals surface area contributed by atoms with Crippen molar-refractivity contribution < 1.29 is 0 Å². The van der Waals surface area contributed by atoms with Crippen molar-refractivity contribution >= 4 is 68.2 Å². The van der Waals surface area contributed by atoms with Gasteiger partial charge in [-0.2, -0.15) is 0 Å². The Bertz CT molecular complexity index is 7560. The molecule has 2 atom stereocenters. The Hall–Kier alpha value is -14.8. The lowest BCUT2D eigenvalue weighted by Gasteiger charge is -2.36. The van der Waals surface area contributed by atoms with Crippen LogP contribution in [0.25, 0.3) is 89.0 Å². The summed E-state index contributed by atoms with van der Waals surface area (Å²) in [5.74, 6) is 0. The molecule has 0 saturated heterocycles. The van der Waals surface area contributed by atoms with Crippen molar-refractivity contribution in [2.45, 2.75) is 75.5 Å². The van der Waals surface area contributed by atoms with Crippen LogP contribution >= 0.6 is 0 Å². The van der Waals surface area contributed by atoms with Crippen LogP contribution in [0.2, 0.25) is 0 Å². The standard InChI is InChI=1S/C120H88N4/c1-116(2)101-51-27-21-44-93(101)99-70-81(60-63-103(99)116)121(77-34-12-8-13-35-77)84-64-75(65-85(68-84)122(78-36-14-9-15-37-78)82-58-61-94-91-42-20-26-50-100(91)117(3,4)109(94)71-82)89-48-32-56-107-113(89)97-46-24-30-54-105(97)120(107)106-55-31-25-47-98(106)114-90(49-33-57-108(114)120)76-66-86-69-87(67-76)124(80-40-18-11-19-41-80)88-73-111-115(96-45-23-28-52-102(96)118(111,5)6)112(74-88)119(7)104-53-29-22-43-92(104)95-62-59-83(72-110(95)119)123(86)79-38-16-10-17-39-79/h8-74H,1-7H3. The quantitative estimate of drug-likeness (QED) is 0.135. The Balaban J connectivity index is 0.728. The van der Waals surface area contributed by atoms with E-state index in [9.17, 15) is 0 Å². The van der Waals surface area contributed by atoms with Crippen molar-refractivity contribution in [3.63, 3.8) is 0 Å². The Morgan fingerprint density at radius 3 is 1.08 bits per heavy atom. The second-order valence-electron chi connectivity index (χ2n) is 36.7. The van der Waals surface area contributed by atoms with Gasteiger partial charge in [0.2, 0.25) is 0 Å². The van der Waals surface area contributed by atoms with Gasteiger partial charge in [0.1, 0.15) is 0 Å². The molecule has 6 aliphatic carbocycles. The van der Waals surface area contributed by atoms with Gasteiger partial charge in [0.25, 0.3) is 0 Å². The van der Waals surface area contributed by atoms with E-state index in [0.29, 0.717) is 0 Å². The van der Waals surface area contributed by atoms with E-state index in [2.05, 4.69) is 475 Å². The molecule has 0 radical (unpaired) electrons. The van der Waals surface area contributed by atoms with E-state index in [0.717, 1.165) is 84.9 Å². The molecule has 1 aliphatic heterocycles. The molecule has 25 rings (SSSR count). The smallest absolute Gasteiger partial charge is 0.0725 e. The number of hydrogen-bond acceptors (Lipinski definition) is 4. The van der Waals surface area contributed by atoms with Gasteiger partial charge < -0.3 is 19.6 Å². The van der Waals surface area contributed by atoms with E-state index in [-0.39, 0.29) is 16.2 Å². The van der Waals surface area contributed by atoms with Crippen molar-refractivity contribution in [3.8, 4) is 89.0 Å². The van der Waals surface area contributed by atoms with Crippen LogP contribution in [0.3, 0.4) is 0 Å². The molecule has 0 saturated carbocycles. The molecule has 0 N–H and O–H groups in total. The summed E-state index contributed by atoms with van der Waals surface area (Å²) < 4.78 is 0. The van der Waals surface area contributed by atoms with Crippen LogP contribution in [0.15, 0.2) is 406 Å². The van der Waals surface area contributed by atoms with E-state index in [1.807, 2.05) is 0 Å². The van der Waals surface area contributed by atoms with Crippen LogP contribution in [0.1, 0.15) is 121 Å². The van der Waals surface area contributed by atoms with E-state index in [1.54, 1.807) is 0 Å². The summed E-state index contributed by atoms with van der Waals surface area (Å²) in [6, 6.07) is 156. The minimum absolute atomic E-state index is 0.170. The topological polar surface area (TPSA) is 13.0 Å². The highest BCUT2D eigenvalue weighted by Gasteiger charge is 2.54. The predicted octanol–water partition coefficient (Wildman–Crippen LogP) is 31.8. The van der Waals surface area contributed by atoms with Crippen LogP contribution in [-0.2, 0) is 27.1 Å². The van der Waals surface area contributed by atoms with Gasteiger partial charge in [-0.25, -0.2) is 0 Å². The molecule has 7 aliphatic rings. The number of benzene rings is 18. The monoisotopic (exact) mass is 1580 g/mol. The van der Waals surface area contributed by atoms with Crippen molar-refractivity contribution in [3.05, 3.63) is 479 Å². The maximum absolute atomic E-state index is 2.58. The molecular formula is C120H88N4. The summed E-state index contributed by atoms with van der Waals surface area (Å²) in [5.41, 5.74) is 47.7. The Labute approximate surface area is 726 Å². The second kappa shape index (κ2) is 26.3. The van der Waals surface area contributed by atoms with Crippen molar-refractivity contribution in [1.82, 2.24) is 0 Å². The average Bonchev–Trinajstić information content (AvgIpc) is 1.49. The zero-order valence-electron chi connectivity index (χ0n) is 70.5. The molecule has 0 fully saturated rings. The third-order valence-corrected chi connectivity index (χ3v) is 29.3. The molecule has 4 heteroatoms. The Morgan fingerprint density at radius 2 is 0.524 bits per heavy atom. The summed E-state index contributed by atoms with van der Waals surface area (Å²) in [5, 5.41) is 0. The van der Waals surface area contributed by atoms with Crippen LogP contribution in [0.4, 0.5) is 68.2 Å². The van der Waals surface area contributed by atoms with E-state index in [1.165, 1.54) is 145 Å². The molecular weight excluding hydrogens is 1500 g/mol. The lowest BCUT2D eigenvalue weighted by molar-refractivity contribution is 0.656. The number of anilines is 12. The Morgan fingerprint density at radius 1 is 0.169 bits per heavy atom. The SMILES string of the molecule is CC1(C)c2ccccc2-c2cc(N(c3ccccc3)c3cc(-c4cccc5c4-c4ccccc4C54c5ccccc5-c5c(-c6cc7cc(c6)N(c6ccccc6)c6cc8c(c(c6)C6(C)c9ccccc9-c9ccc(cc96)N7c6ccccc6)-c6ccccc6C8(C)C)cccc54)cc(N(c4ccccc4)c4ccc5c(c4)C(C)(C)c4ccccc4-5)c3)ccc21. The molecule has 0 aromatic heterocycles. The number of nitrogens with zero attached hydrogens (tertiary/aromatic N) is 4. The van der Waals surface area contributed by atoms with Crippen LogP contribution in [-0.4, -0.2) is 0 Å². The largest absolute Gasteiger partial charge is 0.310 e. The molecule has 124 heavy (non-hydrogen) atoms. The molecule has 6 bridgehead atoms. The lowest BCUT2D eigenvalue weighted by atomic mass is 9.70. The van der Waals surface area contributed by atoms with Crippen LogP contribution in [0, 0.1) is 0 Å². The number of fused-ring (bicyclic) bond motifs is 29. The van der Waals surface area contributed by atoms with Crippen molar-refractivity contribution in [2.24, 2.45) is 0 Å². The van der Waals surface area contributed by atoms with Gasteiger partial charge in [0, 0.05) is 89.9 Å². The first kappa shape index (κ1) is 72.0. The lowest BCUT2D eigenvalue weighted by Crippen LogP contribution is -2.26. The molecule has 588 valence electrons. The molecule has 4 nitrogen and oxygen atoms in total. The van der Waals surface area contributed by atoms with E-state index in [4.69, 9.17) is 0 Å². The third kappa shape index (κ3) is 9.96. The van der Waals surface area contributed by atoms with Crippen LogP contribution < -0.4 is 19.6 Å². The van der Waals surface area contributed by atoms with E-state index >= 15 is 0 Å². The van der Waals surface area contributed by atoms with Gasteiger partial charge in [0.05, 0.1) is 5.41 Å². The summed E-state index contributed by atoms with van der Waals surface area (Å²) in [7, 11) is 0. The first-order valence-electron chi connectivity index (χ1n) is 43.9. The summed E-state index contributed by atoms with van der Waals surface area (Å²) in [6.07, 6.45) is 0. The molecule has 1 spiro atoms. The van der Waals surface area contributed by atoms with Gasteiger partial charge in [0.15, 0.2) is 0 Å². The van der Waals surface area contributed by atoms with Gasteiger partial charge in [-0.1, -0.05) is 315 Å². The van der Waals surface area contributed by atoms with Gasteiger partial charge >= 0.3 is 0 Å². The van der Waals surface area contributed by atoms with Gasteiger partial charge in [-0.05, 0) is 302 Å². The number of rotatable bonds is 10. The zero-order chi connectivity index (χ0) is 82.9. The van der Waals surface area contributed by atoms with E-state index < -0.39 is 10.8 Å². The Kier molecular flexibility index (Phi) is 15.3. The summed E-state index contributed by atoms with van der Waals surface area (Å²) in [4.78, 5) is 10.1. The normalized spacial score (nSPS) is 16.7. The highest BCUT2D eigenvalue weighted by atomic mass is 15.2. The summed E-state index contributed by atoms with van der Waals surface area (Å²) >= 11 is 0. The van der Waals surface area contributed by atoms with Crippen molar-refractivity contribution in [2.75, 3.05) is 19.6 Å². The molecule has 1 heterocycles. The average molecular weight is 1590 g/mol. The maximum atomic E-state index is 2.58. The maximum Gasteiger partial charge on any atom is 0.0725 e. The molecule has 2 unspecified atom stereocenters. The third-order valence-electron chi connectivity index (χ3n) is 29.3. The minimum atomic E-state index is -0.747. The fourth-order valence-electron chi connectivity index (χ4n) is 23.7. The highest BCUT2D eigenvalue weighted by molar-refractivity contribution is 6.06. The molecule has 18 aromatic carbocycles. The van der Waals surface area contributed by atoms with Gasteiger partial charge in [-0.3, -0.25) is 0 Å². The number of hydrogen-bond donors (Lipinski definition) is 0. The molecule has 18 aromatic rings. The molecule has 0 amide bonds. The van der Waals surface area contributed by atoms with Crippen molar-refractivity contribution in [1.29, 1.82) is 0 Å². The fourth-order valence-corrected chi connectivity index (χ4v) is 23.7. The minimum Gasteiger partial charge on any atom is -0.310 e.